The molecule has 3 rings (SSSR count). The molecule has 2 aromatic rings. The molecule has 1 fully saturated rings. The van der Waals surface area contributed by atoms with E-state index in [1.165, 1.54) is 6.07 Å². The van der Waals surface area contributed by atoms with E-state index in [0.29, 0.717) is 18.7 Å². The van der Waals surface area contributed by atoms with E-state index in [2.05, 4.69) is 15.2 Å². The van der Waals surface area contributed by atoms with Crippen LogP contribution in [0.5, 0.6) is 0 Å². The molecule has 1 N–H and O–H groups in total. The number of nitrogens with zero attached hydrogens (tertiary/aromatic N) is 3. The van der Waals surface area contributed by atoms with Crippen LogP contribution in [0.25, 0.3) is 0 Å². The molecule has 0 spiro atoms. The van der Waals surface area contributed by atoms with Crippen molar-refractivity contribution in [3.63, 3.8) is 0 Å². The highest BCUT2D eigenvalue weighted by molar-refractivity contribution is 5.73. The summed E-state index contributed by atoms with van der Waals surface area (Å²) < 4.78 is 14.3. The Morgan fingerprint density at radius 2 is 2.04 bits per heavy atom. The van der Waals surface area contributed by atoms with E-state index in [-0.39, 0.29) is 17.9 Å². The first-order chi connectivity index (χ1) is 12.6. The summed E-state index contributed by atoms with van der Waals surface area (Å²) >= 11 is 0. The van der Waals surface area contributed by atoms with Crippen LogP contribution in [0.4, 0.5) is 9.18 Å². The Bertz CT molecular complexity index is 719. The molecule has 2 amide bonds. The van der Waals surface area contributed by atoms with Gasteiger partial charge in [-0.15, -0.1) is 0 Å². The van der Waals surface area contributed by atoms with Gasteiger partial charge < -0.3 is 10.2 Å². The Kier molecular flexibility index (Phi) is 6.17. The normalized spacial score (nSPS) is 15.6. The van der Waals surface area contributed by atoms with Crippen molar-refractivity contribution in [1.29, 1.82) is 0 Å². The largest absolute Gasteiger partial charge is 0.336 e. The Labute approximate surface area is 153 Å². The van der Waals surface area contributed by atoms with Crippen LogP contribution in [0.1, 0.15) is 30.0 Å². The van der Waals surface area contributed by atoms with Crippen molar-refractivity contribution in [3.8, 4) is 0 Å². The highest BCUT2D eigenvalue weighted by Gasteiger charge is 2.26. The average molecular weight is 356 g/mol. The van der Waals surface area contributed by atoms with Crippen molar-refractivity contribution in [2.45, 2.75) is 25.4 Å². The van der Waals surface area contributed by atoms with Gasteiger partial charge >= 0.3 is 6.03 Å². The molecular weight excluding hydrogens is 331 g/mol. The van der Waals surface area contributed by atoms with Crippen LogP contribution in [0.3, 0.4) is 0 Å². The second-order valence-corrected chi connectivity index (χ2v) is 6.68. The van der Waals surface area contributed by atoms with Crippen molar-refractivity contribution in [1.82, 2.24) is 20.1 Å². The number of halogens is 1. The molecule has 0 bridgehead atoms. The molecule has 1 aliphatic rings. The molecule has 0 radical (unpaired) electrons. The molecule has 138 valence electrons. The fourth-order valence-corrected chi connectivity index (χ4v) is 3.39. The van der Waals surface area contributed by atoms with Gasteiger partial charge in [0.15, 0.2) is 0 Å². The van der Waals surface area contributed by atoms with Crippen molar-refractivity contribution in [2.75, 3.05) is 26.7 Å². The maximum Gasteiger partial charge on any atom is 0.317 e. The fraction of sp³-hybridized carbons (Fsp3) is 0.400. The molecule has 1 aliphatic heterocycles. The maximum atomic E-state index is 14.3. The number of hydrogen-bond acceptors (Lipinski definition) is 3. The number of hydrogen-bond donors (Lipinski definition) is 1. The van der Waals surface area contributed by atoms with Gasteiger partial charge in [-0.2, -0.15) is 0 Å². The average Bonchev–Trinajstić information content (AvgIpc) is 3.18. The van der Waals surface area contributed by atoms with Crippen LogP contribution >= 0.6 is 0 Å². The maximum absolute atomic E-state index is 14.3. The number of aromatic nitrogens is 1. The first kappa shape index (κ1) is 18.3. The summed E-state index contributed by atoms with van der Waals surface area (Å²) in [6.07, 6.45) is 5.68. The van der Waals surface area contributed by atoms with Gasteiger partial charge in [-0.25, -0.2) is 9.18 Å². The number of carbonyl (C=O) groups excluding carboxylic acids is 1. The molecule has 1 saturated heterocycles. The Balaban J connectivity index is 1.63. The minimum Gasteiger partial charge on any atom is -0.336 e. The lowest BCUT2D eigenvalue weighted by Gasteiger charge is -2.29. The second kappa shape index (κ2) is 8.76. The van der Waals surface area contributed by atoms with Crippen LogP contribution in [0, 0.1) is 5.82 Å². The van der Waals surface area contributed by atoms with Gasteiger partial charge in [-0.1, -0.05) is 24.3 Å². The molecule has 0 aliphatic carbocycles. The smallest absolute Gasteiger partial charge is 0.317 e. The summed E-state index contributed by atoms with van der Waals surface area (Å²) in [4.78, 5) is 20.4. The molecule has 1 unspecified atom stereocenters. The van der Waals surface area contributed by atoms with E-state index >= 15 is 0 Å². The first-order valence-electron chi connectivity index (χ1n) is 9.01. The number of carbonyl (C=O) groups is 1. The van der Waals surface area contributed by atoms with E-state index in [9.17, 15) is 9.18 Å². The van der Waals surface area contributed by atoms with Gasteiger partial charge in [-0.05, 0) is 43.6 Å². The minimum atomic E-state index is -0.220. The van der Waals surface area contributed by atoms with Gasteiger partial charge in [-0.3, -0.25) is 9.88 Å². The summed E-state index contributed by atoms with van der Waals surface area (Å²) in [7, 11) is 1.75. The number of amides is 2. The minimum absolute atomic E-state index is 0.144. The van der Waals surface area contributed by atoms with E-state index in [0.717, 1.165) is 31.5 Å². The van der Waals surface area contributed by atoms with Crippen molar-refractivity contribution >= 4 is 6.03 Å². The van der Waals surface area contributed by atoms with Gasteiger partial charge in [0.2, 0.25) is 0 Å². The van der Waals surface area contributed by atoms with Crippen LogP contribution in [0.2, 0.25) is 0 Å². The summed E-state index contributed by atoms with van der Waals surface area (Å²) in [5.41, 5.74) is 1.61. The molecule has 5 nitrogen and oxygen atoms in total. The van der Waals surface area contributed by atoms with E-state index in [4.69, 9.17) is 0 Å². The molecule has 1 aromatic carbocycles. The zero-order valence-corrected chi connectivity index (χ0v) is 15.1. The SMILES string of the molecule is CN(Cc1cccnc1)C(=O)NCC(c1ccccc1F)N1CCCC1. The summed E-state index contributed by atoms with van der Waals surface area (Å²) in [5, 5.41) is 2.96. The lowest BCUT2D eigenvalue weighted by molar-refractivity contribution is 0.194. The van der Waals surface area contributed by atoms with E-state index in [1.807, 2.05) is 24.3 Å². The zero-order valence-electron chi connectivity index (χ0n) is 15.1. The number of likely N-dealkylation sites (tertiary alicyclic amines) is 1. The molecule has 2 heterocycles. The predicted octanol–water partition coefficient (Wildman–Crippen LogP) is 3.20. The number of urea groups is 1. The van der Waals surface area contributed by atoms with Crippen LogP contribution in [0.15, 0.2) is 48.8 Å². The molecule has 1 atom stereocenters. The molecule has 0 saturated carbocycles. The topological polar surface area (TPSA) is 48.5 Å². The van der Waals surface area contributed by atoms with Crippen LogP contribution in [-0.2, 0) is 6.54 Å². The third kappa shape index (κ3) is 4.58. The molecule has 6 heteroatoms. The Hall–Kier alpha value is -2.47. The molecule has 1 aromatic heterocycles. The van der Waals surface area contributed by atoms with Crippen LogP contribution < -0.4 is 5.32 Å². The monoisotopic (exact) mass is 356 g/mol. The second-order valence-electron chi connectivity index (χ2n) is 6.68. The quantitative estimate of drug-likeness (QED) is 0.865. The standard InChI is InChI=1S/C20H25FN4O/c1-24(15-16-7-6-10-22-13-16)20(26)23-14-19(25-11-4-5-12-25)17-8-2-3-9-18(17)21/h2-3,6-10,13,19H,4-5,11-12,14-15H2,1H3,(H,23,26). The van der Waals surface area contributed by atoms with Crippen molar-refractivity contribution in [2.24, 2.45) is 0 Å². The lowest BCUT2D eigenvalue weighted by atomic mass is 10.0. The number of nitrogens with one attached hydrogen (secondary N) is 1. The molecule has 26 heavy (non-hydrogen) atoms. The lowest BCUT2D eigenvalue weighted by Crippen LogP contribution is -2.42. The van der Waals surface area contributed by atoms with Gasteiger partial charge in [0.05, 0.1) is 6.04 Å². The summed E-state index contributed by atoms with van der Waals surface area (Å²) in [6, 6.07) is 10.3. The van der Waals surface area contributed by atoms with E-state index < -0.39 is 0 Å². The number of rotatable bonds is 6. The van der Waals surface area contributed by atoms with Gasteiger partial charge in [0, 0.05) is 38.1 Å². The van der Waals surface area contributed by atoms with E-state index in [1.54, 1.807) is 30.4 Å². The number of pyridine rings is 1. The zero-order chi connectivity index (χ0) is 18.4. The van der Waals surface area contributed by atoms with Crippen LogP contribution in [-0.4, -0.2) is 47.5 Å². The molecular formula is C20H25FN4O. The Morgan fingerprint density at radius 3 is 2.73 bits per heavy atom. The Morgan fingerprint density at radius 1 is 1.27 bits per heavy atom. The first-order valence-corrected chi connectivity index (χ1v) is 9.01. The third-order valence-corrected chi connectivity index (χ3v) is 4.78. The number of benzene rings is 1. The predicted molar refractivity (Wildman–Crippen MR) is 99.1 cm³/mol. The van der Waals surface area contributed by atoms with Crippen molar-refractivity contribution in [3.05, 3.63) is 65.7 Å². The fourth-order valence-electron chi connectivity index (χ4n) is 3.39. The van der Waals surface area contributed by atoms with Crippen molar-refractivity contribution < 1.29 is 9.18 Å². The van der Waals surface area contributed by atoms with Gasteiger partial charge in [0.25, 0.3) is 0 Å². The highest BCUT2D eigenvalue weighted by atomic mass is 19.1. The highest BCUT2D eigenvalue weighted by Crippen LogP contribution is 2.26. The van der Waals surface area contributed by atoms with Gasteiger partial charge in [0.1, 0.15) is 5.82 Å². The summed E-state index contributed by atoms with van der Waals surface area (Å²) in [5.74, 6) is -0.220. The summed E-state index contributed by atoms with van der Waals surface area (Å²) in [6.45, 7) is 2.73. The third-order valence-electron chi connectivity index (χ3n) is 4.78.